The number of anilines is 2. The van der Waals surface area contributed by atoms with Crippen molar-refractivity contribution in [3.05, 3.63) is 21.1 Å². The summed E-state index contributed by atoms with van der Waals surface area (Å²) in [4.78, 5) is 11.8. The lowest BCUT2D eigenvalue weighted by Gasteiger charge is -2.12. The predicted molar refractivity (Wildman–Crippen MR) is 80.6 cm³/mol. The summed E-state index contributed by atoms with van der Waals surface area (Å²) in [6.45, 7) is 1.93. The summed E-state index contributed by atoms with van der Waals surface area (Å²) in [6, 6.07) is 3.50. The molecule has 0 saturated heterocycles. The van der Waals surface area contributed by atoms with Crippen molar-refractivity contribution in [1.82, 2.24) is 0 Å². The molecule has 0 aromatic heterocycles. The first kappa shape index (κ1) is 15.5. The lowest BCUT2D eigenvalue weighted by molar-refractivity contribution is -0.116. The SMILES string of the molecule is COC(C)CCC(=O)Nc1c(Br)cc(N)cc1Br. The molecule has 4 nitrogen and oxygen atoms in total. The van der Waals surface area contributed by atoms with E-state index >= 15 is 0 Å². The van der Waals surface area contributed by atoms with E-state index in [1.54, 1.807) is 19.2 Å². The zero-order valence-corrected chi connectivity index (χ0v) is 13.5. The normalized spacial score (nSPS) is 12.2. The molecular formula is C12H16Br2N2O2. The number of halogens is 2. The Hall–Kier alpha value is -0.590. The molecule has 6 heteroatoms. The van der Waals surface area contributed by atoms with Crippen molar-refractivity contribution < 1.29 is 9.53 Å². The van der Waals surface area contributed by atoms with Crippen LogP contribution in [0.25, 0.3) is 0 Å². The van der Waals surface area contributed by atoms with E-state index in [1.165, 1.54) is 0 Å². The molecule has 3 N–H and O–H groups in total. The fraction of sp³-hybridized carbons (Fsp3) is 0.417. The number of nitrogen functional groups attached to an aromatic ring is 1. The molecule has 1 rings (SSSR count). The number of methoxy groups -OCH3 is 1. The Morgan fingerprint density at radius 2 is 2.00 bits per heavy atom. The van der Waals surface area contributed by atoms with E-state index in [4.69, 9.17) is 10.5 Å². The molecule has 0 spiro atoms. The Bertz CT molecular complexity index is 415. The maximum Gasteiger partial charge on any atom is 0.224 e. The molecule has 0 aliphatic heterocycles. The standard InChI is InChI=1S/C12H16Br2N2O2/c1-7(18-2)3-4-11(17)16-12-9(13)5-8(15)6-10(12)14/h5-7H,3-4,15H2,1-2H3,(H,16,17). The molecular weight excluding hydrogens is 364 g/mol. The lowest BCUT2D eigenvalue weighted by Crippen LogP contribution is -2.15. The summed E-state index contributed by atoms with van der Waals surface area (Å²) in [7, 11) is 1.63. The van der Waals surface area contributed by atoms with Gasteiger partial charge in [0.15, 0.2) is 0 Å². The summed E-state index contributed by atoms with van der Waals surface area (Å²) in [5.74, 6) is -0.0509. The summed E-state index contributed by atoms with van der Waals surface area (Å²) in [5.41, 5.74) is 7.00. The predicted octanol–water partition coefficient (Wildman–Crippen LogP) is 3.55. The molecule has 0 bridgehead atoms. The number of nitrogens with one attached hydrogen (secondary N) is 1. The lowest BCUT2D eigenvalue weighted by atomic mass is 10.2. The monoisotopic (exact) mass is 378 g/mol. The Morgan fingerprint density at radius 1 is 1.44 bits per heavy atom. The third kappa shape index (κ3) is 4.59. The fourth-order valence-electron chi connectivity index (χ4n) is 1.37. The third-order valence-electron chi connectivity index (χ3n) is 2.51. The minimum atomic E-state index is -0.0509. The van der Waals surface area contributed by atoms with Crippen molar-refractivity contribution in [3.63, 3.8) is 0 Å². The van der Waals surface area contributed by atoms with Gasteiger partial charge < -0.3 is 15.8 Å². The molecule has 1 aromatic rings. The highest BCUT2D eigenvalue weighted by Crippen LogP contribution is 2.33. The summed E-state index contributed by atoms with van der Waals surface area (Å²) < 4.78 is 6.60. The number of nitrogens with two attached hydrogens (primary N) is 1. The maximum atomic E-state index is 11.8. The second-order valence-corrected chi connectivity index (χ2v) is 5.70. The van der Waals surface area contributed by atoms with Crippen LogP contribution in [0.4, 0.5) is 11.4 Å². The van der Waals surface area contributed by atoms with Crippen LogP contribution < -0.4 is 11.1 Å². The molecule has 100 valence electrons. The van der Waals surface area contributed by atoms with E-state index in [9.17, 15) is 4.79 Å². The molecule has 1 aromatic carbocycles. The van der Waals surface area contributed by atoms with Crippen molar-refractivity contribution in [2.45, 2.75) is 25.9 Å². The molecule has 0 fully saturated rings. The van der Waals surface area contributed by atoms with Crippen molar-refractivity contribution in [1.29, 1.82) is 0 Å². The van der Waals surface area contributed by atoms with E-state index in [-0.39, 0.29) is 12.0 Å². The maximum absolute atomic E-state index is 11.8. The summed E-state index contributed by atoms with van der Waals surface area (Å²) in [5, 5.41) is 2.84. The van der Waals surface area contributed by atoms with Gasteiger partial charge in [-0.15, -0.1) is 0 Å². The number of carbonyl (C=O) groups is 1. The number of benzene rings is 1. The number of ether oxygens (including phenoxy) is 1. The van der Waals surface area contributed by atoms with Gasteiger partial charge in [0, 0.05) is 28.2 Å². The second-order valence-electron chi connectivity index (χ2n) is 3.99. The molecule has 18 heavy (non-hydrogen) atoms. The van der Waals surface area contributed by atoms with Gasteiger partial charge in [0.25, 0.3) is 0 Å². The van der Waals surface area contributed by atoms with Gasteiger partial charge in [0.1, 0.15) is 0 Å². The minimum Gasteiger partial charge on any atom is -0.399 e. The Kier molecular flexibility index (Phi) is 6.11. The van der Waals surface area contributed by atoms with Gasteiger partial charge in [0.05, 0.1) is 11.8 Å². The second kappa shape index (κ2) is 7.11. The molecule has 1 amide bonds. The highest BCUT2D eigenvalue weighted by atomic mass is 79.9. The third-order valence-corrected chi connectivity index (χ3v) is 3.76. The van der Waals surface area contributed by atoms with Crippen molar-refractivity contribution in [3.8, 4) is 0 Å². The molecule has 0 radical (unpaired) electrons. The molecule has 0 saturated carbocycles. The van der Waals surface area contributed by atoms with E-state index in [0.29, 0.717) is 24.2 Å². The van der Waals surface area contributed by atoms with Crippen LogP contribution in [0.15, 0.2) is 21.1 Å². The first-order valence-electron chi connectivity index (χ1n) is 5.51. The highest BCUT2D eigenvalue weighted by molar-refractivity contribution is 9.11. The van der Waals surface area contributed by atoms with Crippen LogP contribution >= 0.6 is 31.9 Å². The number of rotatable bonds is 5. The minimum absolute atomic E-state index is 0.0509. The first-order valence-corrected chi connectivity index (χ1v) is 7.09. The topological polar surface area (TPSA) is 64.3 Å². The number of amides is 1. The fourth-order valence-corrected chi connectivity index (χ4v) is 2.79. The average molecular weight is 380 g/mol. The van der Waals surface area contributed by atoms with Gasteiger partial charge in [-0.1, -0.05) is 0 Å². The van der Waals surface area contributed by atoms with E-state index in [2.05, 4.69) is 37.2 Å². The summed E-state index contributed by atoms with van der Waals surface area (Å²) in [6.07, 6.45) is 1.18. The quantitative estimate of drug-likeness (QED) is 0.769. The zero-order valence-electron chi connectivity index (χ0n) is 10.3. The molecule has 0 heterocycles. The molecule has 0 aliphatic carbocycles. The highest BCUT2D eigenvalue weighted by Gasteiger charge is 2.11. The van der Waals surface area contributed by atoms with Crippen molar-refractivity contribution in [2.24, 2.45) is 0 Å². The van der Waals surface area contributed by atoms with Gasteiger partial charge in [0.2, 0.25) is 5.91 Å². The van der Waals surface area contributed by atoms with Gasteiger partial charge in [-0.05, 0) is 57.3 Å². The van der Waals surface area contributed by atoms with Gasteiger partial charge >= 0.3 is 0 Å². The van der Waals surface area contributed by atoms with E-state index in [1.807, 2.05) is 6.92 Å². The zero-order chi connectivity index (χ0) is 13.7. The van der Waals surface area contributed by atoms with Crippen LogP contribution in [0.2, 0.25) is 0 Å². The molecule has 1 unspecified atom stereocenters. The number of hydrogen-bond donors (Lipinski definition) is 2. The van der Waals surface area contributed by atoms with Crippen LogP contribution in [-0.2, 0) is 9.53 Å². The molecule has 1 atom stereocenters. The average Bonchev–Trinajstić information content (AvgIpc) is 2.30. The van der Waals surface area contributed by atoms with E-state index < -0.39 is 0 Å². The Morgan fingerprint density at radius 3 is 2.50 bits per heavy atom. The van der Waals surface area contributed by atoms with Crippen LogP contribution in [0, 0.1) is 0 Å². The van der Waals surface area contributed by atoms with Crippen LogP contribution in [-0.4, -0.2) is 19.1 Å². The number of hydrogen-bond acceptors (Lipinski definition) is 3. The van der Waals surface area contributed by atoms with Gasteiger partial charge in [-0.2, -0.15) is 0 Å². The Labute approximate surface area is 124 Å². The Balaban J connectivity index is 2.65. The van der Waals surface area contributed by atoms with Gasteiger partial charge in [-0.3, -0.25) is 4.79 Å². The number of carbonyl (C=O) groups excluding carboxylic acids is 1. The van der Waals surface area contributed by atoms with Crippen LogP contribution in [0.1, 0.15) is 19.8 Å². The van der Waals surface area contributed by atoms with Crippen molar-refractivity contribution >= 4 is 49.1 Å². The van der Waals surface area contributed by atoms with Crippen molar-refractivity contribution in [2.75, 3.05) is 18.2 Å². The largest absolute Gasteiger partial charge is 0.399 e. The van der Waals surface area contributed by atoms with Crippen LogP contribution in [0.3, 0.4) is 0 Å². The van der Waals surface area contributed by atoms with Gasteiger partial charge in [-0.25, -0.2) is 0 Å². The van der Waals surface area contributed by atoms with E-state index in [0.717, 1.165) is 8.95 Å². The van der Waals surface area contributed by atoms with Crippen LogP contribution in [0.5, 0.6) is 0 Å². The smallest absolute Gasteiger partial charge is 0.224 e. The summed E-state index contributed by atoms with van der Waals surface area (Å²) >= 11 is 6.74. The molecule has 0 aliphatic rings. The first-order chi connectivity index (χ1) is 8.43.